The number of piperidine rings is 1. The number of carbonyl (C=O) groups excluding carboxylic acids is 2. The maximum atomic E-state index is 15.2. The molecular weight excluding hydrogens is 291 g/mol. The highest BCUT2D eigenvalue weighted by Crippen LogP contribution is 2.29. The number of nitrogens with zero attached hydrogens (tertiary/aromatic N) is 2. The Morgan fingerprint density at radius 2 is 1.95 bits per heavy atom. The molecule has 1 unspecified atom stereocenters. The Balaban J connectivity index is 1.70. The highest BCUT2D eigenvalue weighted by atomic mass is 19.1. The second-order valence-electron chi connectivity index (χ2n) is 5.71. The van der Waals surface area contributed by atoms with E-state index in [2.05, 4.69) is 0 Å². The van der Waals surface area contributed by atoms with Gasteiger partial charge in [-0.2, -0.15) is 0 Å². The molecule has 2 fully saturated rings. The Hall–Kier alpha value is -1.89. The summed E-state index contributed by atoms with van der Waals surface area (Å²) in [6.07, 6.45) is 3.36. The minimum absolute atomic E-state index is 0.151. The van der Waals surface area contributed by atoms with E-state index in [1.165, 1.54) is 22.3 Å². The van der Waals surface area contributed by atoms with E-state index in [1.54, 1.807) is 6.07 Å². The third-order valence-corrected chi connectivity index (χ3v) is 4.18. The summed E-state index contributed by atoms with van der Waals surface area (Å²) in [4.78, 5) is 27.7. The van der Waals surface area contributed by atoms with E-state index in [0.29, 0.717) is 44.8 Å². The lowest BCUT2D eigenvalue weighted by molar-refractivity contribution is -0.151. The summed E-state index contributed by atoms with van der Waals surface area (Å²) in [6.45, 7) is 1.92. The molecule has 22 heavy (non-hydrogen) atoms. The molecule has 2 aliphatic rings. The third kappa shape index (κ3) is 2.85. The van der Waals surface area contributed by atoms with Gasteiger partial charge in [-0.15, -0.1) is 0 Å². The molecule has 1 aromatic heterocycles. The average molecular weight is 310 g/mol. The number of halogens is 1. The van der Waals surface area contributed by atoms with E-state index in [-0.39, 0.29) is 18.9 Å². The van der Waals surface area contributed by atoms with Gasteiger partial charge in [-0.1, -0.05) is 0 Å². The SMILES string of the molecule is O=C(c1ccoc1)N1CCCC(F)(C(=O)N2CCOCC2)C1. The van der Waals surface area contributed by atoms with Crippen molar-refractivity contribution in [3.63, 3.8) is 0 Å². The summed E-state index contributed by atoms with van der Waals surface area (Å²) in [5, 5.41) is 0. The number of alkyl halides is 1. The molecule has 120 valence electrons. The van der Waals surface area contributed by atoms with Gasteiger partial charge in [0.05, 0.1) is 31.6 Å². The lowest BCUT2D eigenvalue weighted by atomic mass is 9.92. The zero-order valence-corrected chi connectivity index (χ0v) is 12.3. The van der Waals surface area contributed by atoms with Gasteiger partial charge < -0.3 is 19.0 Å². The van der Waals surface area contributed by atoms with Gasteiger partial charge in [-0.25, -0.2) is 4.39 Å². The second kappa shape index (κ2) is 6.08. The number of hydrogen-bond donors (Lipinski definition) is 0. The molecule has 6 nitrogen and oxygen atoms in total. The predicted octanol–water partition coefficient (Wildman–Crippen LogP) is 1.08. The van der Waals surface area contributed by atoms with Gasteiger partial charge in [0.15, 0.2) is 0 Å². The molecule has 0 N–H and O–H groups in total. The van der Waals surface area contributed by atoms with Gasteiger partial charge in [-0.3, -0.25) is 9.59 Å². The maximum absolute atomic E-state index is 15.2. The first-order valence-electron chi connectivity index (χ1n) is 7.48. The normalized spacial score (nSPS) is 26.0. The average Bonchev–Trinajstić information content (AvgIpc) is 3.09. The molecule has 0 aliphatic carbocycles. The van der Waals surface area contributed by atoms with E-state index in [0.717, 1.165) is 0 Å². The van der Waals surface area contributed by atoms with Gasteiger partial charge in [0.25, 0.3) is 11.8 Å². The van der Waals surface area contributed by atoms with Crippen LogP contribution in [0.2, 0.25) is 0 Å². The number of hydrogen-bond acceptors (Lipinski definition) is 4. The topological polar surface area (TPSA) is 63.0 Å². The van der Waals surface area contributed by atoms with E-state index in [1.807, 2.05) is 0 Å². The van der Waals surface area contributed by atoms with Gasteiger partial charge >= 0.3 is 0 Å². The minimum atomic E-state index is -2.00. The number of rotatable bonds is 2. The molecule has 2 saturated heterocycles. The van der Waals surface area contributed by atoms with E-state index in [4.69, 9.17) is 9.15 Å². The first-order valence-corrected chi connectivity index (χ1v) is 7.48. The quantitative estimate of drug-likeness (QED) is 0.820. The Morgan fingerprint density at radius 3 is 2.64 bits per heavy atom. The van der Waals surface area contributed by atoms with Crippen LogP contribution >= 0.6 is 0 Å². The van der Waals surface area contributed by atoms with Crippen LogP contribution in [0.1, 0.15) is 23.2 Å². The van der Waals surface area contributed by atoms with Crippen LogP contribution in [0.3, 0.4) is 0 Å². The Kier molecular flexibility index (Phi) is 4.15. The van der Waals surface area contributed by atoms with Crippen molar-refractivity contribution in [1.82, 2.24) is 9.80 Å². The summed E-state index contributed by atoms with van der Waals surface area (Å²) in [5.74, 6) is -0.828. The summed E-state index contributed by atoms with van der Waals surface area (Å²) < 4.78 is 25.2. The number of carbonyl (C=O) groups is 2. The Morgan fingerprint density at radius 1 is 1.18 bits per heavy atom. The fourth-order valence-corrected chi connectivity index (χ4v) is 2.98. The molecule has 2 amide bonds. The smallest absolute Gasteiger partial charge is 0.262 e. The van der Waals surface area contributed by atoms with Crippen molar-refractivity contribution in [1.29, 1.82) is 0 Å². The minimum Gasteiger partial charge on any atom is -0.472 e. The van der Waals surface area contributed by atoms with Crippen molar-refractivity contribution in [2.45, 2.75) is 18.5 Å². The van der Waals surface area contributed by atoms with Gasteiger partial charge in [0.2, 0.25) is 5.67 Å². The molecule has 0 radical (unpaired) electrons. The third-order valence-electron chi connectivity index (χ3n) is 4.18. The second-order valence-corrected chi connectivity index (χ2v) is 5.71. The van der Waals surface area contributed by atoms with Crippen LogP contribution < -0.4 is 0 Å². The number of ether oxygens (including phenoxy) is 1. The van der Waals surface area contributed by atoms with Gasteiger partial charge in [0, 0.05) is 19.6 Å². The lowest BCUT2D eigenvalue weighted by Crippen LogP contribution is -2.58. The fraction of sp³-hybridized carbons (Fsp3) is 0.600. The number of amides is 2. The molecule has 0 spiro atoms. The molecular formula is C15H19FN2O4. The monoisotopic (exact) mass is 310 g/mol. The molecule has 3 heterocycles. The Labute approximate surface area is 127 Å². The van der Waals surface area contributed by atoms with Crippen LogP contribution in [0.4, 0.5) is 4.39 Å². The predicted molar refractivity (Wildman–Crippen MR) is 75.1 cm³/mol. The van der Waals surface area contributed by atoms with Crippen LogP contribution in [0.15, 0.2) is 23.0 Å². The highest BCUT2D eigenvalue weighted by molar-refractivity contribution is 5.95. The van der Waals surface area contributed by atoms with Gasteiger partial charge in [0.1, 0.15) is 6.26 Å². The molecule has 7 heteroatoms. The first kappa shape index (κ1) is 15.0. The molecule has 1 atom stereocenters. The van der Waals surface area contributed by atoms with Gasteiger partial charge in [-0.05, 0) is 18.9 Å². The van der Waals surface area contributed by atoms with Crippen LogP contribution in [-0.4, -0.2) is 66.7 Å². The summed E-state index contributed by atoms with van der Waals surface area (Å²) in [7, 11) is 0. The van der Waals surface area contributed by atoms with Crippen molar-refractivity contribution in [3.8, 4) is 0 Å². The largest absolute Gasteiger partial charge is 0.472 e. The molecule has 0 bridgehead atoms. The zero-order chi connectivity index (χ0) is 15.6. The van der Waals surface area contributed by atoms with Crippen molar-refractivity contribution in [2.24, 2.45) is 0 Å². The molecule has 3 rings (SSSR count). The number of morpholine rings is 1. The van der Waals surface area contributed by atoms with Crippen molar-refractivity contribution in [2.75, 3.05) is 39.4 Å². The van der Waals surface area contributed by atoms with Crippen molar-refractivity contribution < 1.29 is 23.1 Å². The number of likely N-dealkylation sites (tertiary alicyclic amines) is 1. The molecule has 0 aromatic carbocycles. The van der Waals surface area contributed by atoms with Crippen LogP contribution in [-0.2, 0) is 9.53 Å². The fourth-order valence-electron chi connectivity index (χ4n) is 2.98. The standard InChI is InChI=1S/C15H19FN2O4/c16-15(14(20)17-5-8-21-9-6-17)3-1-4-18(11-15)13(19)12-2-7-22-10-12/h2,7,10H,1,3-6,8-9,11H2. The first-order chi connectivity index (χ1) is 10.6. The zero-order valence-electron chi connectivity index (χ0n) is 12.3. The van der Waals surface area contributed by atoms with E-state index in [9.17, 15) is 9.59 Å². The number of furan rings is 1. The summed E-state index contributed by atoms with van der Waals surface area (Å²) in [5.41, 5.74) is -1.63. The van der Waals surface area contributed by atoms with Crippen molar-refractivity contribution >= 4 is 11.8 Å². The summed E-state index contributed by atoms with van der Waals surface area (Å²) >= 11 is 0. The lowest BCUT2D eigenvalue weighted by Gasteiger charge is -2.39. The highest BCUT2D eigenvalue weighted by Gasteiger charge is 2.46. The van der Waals surface area contributed by atoms with E-state index < -0.39 is 11.6 Å². The molecule has 1 aromatic rings. The van der Waals surface area contributed by atoms with Crippen molar-refractivity contribution in [3.05, 3.63) is 24.2 Å². The maximum Gasteiger partial charge on any atom is 0.262 e. The molecule has 2 aliphatic heterocycles. The van der Waals surface area contributed by atoms with Crippen LogP contribution in [0.5, 0.6) is 0 Å². The Bertz CT molecular complexity index is 542. The molecule has 0 saturated carbocycles. The van der Waals surface area contributed by atoms with Crippen LogP contribution in [0.25, 0.3) is 0 Å². The van der Waals surface area contributed by atoms with Crippen LogP contribution in [0, 0.1) is 0 Å². The van der Waals surface area contributed by atoms with E-state index >= 15 is 4.39 Å². The summed E-state index contributed by atoms with van der Waals surface area (Å²) in [6, 6.07) is 1.54.